The standard InChI is InChI=1S/C13H14ClNO2/c1-2-3-8-11-12(16)15-13(17-11)9-6-4-5-7-10(9)14/h4-7,11H,2-3,8H2,1H3. The Balaban J connectivity index is 2.13. The third-order valence-corrected chi connectivity index (χ3v) is 2.99. The molecule has 0 aliphatic carbocycles. The molecule has 1 aliphatic rings. The van der Waals surface area contributed by atoms with Crippen molar-refractivity contribution in [2.75, 3.05) is 0 Å². The van der Waals surface area contributed by atoms with Crippen molar-refractivity contribution in [3.8, 4) is 0 Å². The maximum atomic E-state index is 11.6. The van der Waals surface area contributed by atoms with Gasteiger partial charge in [-0.2, -0.15) is 4.99 Å². The predicted molar refractivity (Wildman–Crippen MR) is 67.4 cm³/mol. The molecule has 1 aromatic rings. The van der Waals surface area contributed by atoms with Crippen LogP contribution in [0.1, 0.15) is 31.7 Å². The van der Waals surface area contributed by atoms with Gasteiger partial charge in [-0.15, -0.1) is 0 Å². The summed E-state index contributed by atoms with van der Waals surface area (Å²) in [4.78, 5) is 15.5. The lowest BCUT2D eigenvalue weighted by atomic mass is 10.1. The number of aliphatic imine (C=N–C) groups is 1. The monoisotopic (exact) mass is 251 g/mol. The number of ether oxygens (including phenoxy) is 1. The van der Waals surface area contributed by atoms with Gasteiger partial charge in [0.2, 0.25) is 5.90 Å². The van der Waals surface area contributed by atoms with Gasteiger partial charge >= 0.3 is 0 Å². The largest absolute Gasteiger partial charge is 0.464 e. The molecule has 1 unspecified atom stereocenters. The second-order valence-electron chi connectivity index (χ2n) is 3.98. The second kappa shape index (κ2) is 5.32. The molecule has 1 heterocycles. The van der Waals surface area contributed by atoms with Crippen molar-refractivity contribution in [3.63, 3.8) is 0 Å². The lowest BCUT2D eigenvalue weighted by Crippen LogP contribution is -2.17. The first-order valence-corrected chi connectivity index (χ1v) is 6.14. The van der Waals surface area contributed by atoms with Gasteiger partial charge in [-0.3, -0.25) is 4.79 Å². The van der Waals surface area contributed by atoms with Crippen molar-refractivity contribution in [2.24, 2.45) is 4.99 Å². The zero-order valence-electron chi connectivity index (χ0n) is 9.65. The number of benzene rings is 1. The molecule has 17 heavy (non-hydrogen) atoms. The van der Waals surface area contributed by atoms with Gasteiger partial charge in [0.25, 0.3) is 5.91 Å². The third kappa shape index (κ3) is 2.67. The van der Waals surface area contributed by atoms with Gasteiger partial charge in [0.1, 0.15) is 0 Å². The number of hydrogen-bond donors (Lipinski definition) is 0. The van der Waals surface area contributed by atoms with Crippen LogP contribution in [-0.4, -0.2) is 17.9 Å². The average Bonchev–Trinajstić information content (AvgIpc) is 2.68. The number of amides is 1. The minimum atomic E-state index is -0.429. The lowest BCUT2D eigenvalue weighted by molar-refractivity contribution is -0.122. The Morgan fingerprint density at radius 2 is 2.18 bits per heavy atom. The summed E-state index contributed by atoms with van der Waals surface area (Å²) in [6.45, 7) is 2.08. The Bertz CT molecular complexity index is 456. The van der Waals surface area contributed by atoms with E-state index in [0.29, 0.717) is 22.9 Å². The number of carbonyl (C=O) groups is 1. The van der Waals surface area contributed by atoms with Crippen LogP contribution < -0.4 is 0 Å². The third-order valence-electron chi connectivity index (χ3n) is 2.67. The molecule has 0 spiro atoms. The molecule has 4 heteroatoms. The van der Waals surface area contributed by atoms with Crippen LogP contribution in [0.2, 0.25) is 5.02 Å². The highest BCUT2D eigenvalue weighted by molar-refractivity contribution is 6.34. The molecule has 0 fully saturated rings. The van der Waals surface area contributed by atoms with Crippen LogP contribution in [0.3, 0.4) is 0 Å². The fourth-order valence-electron chi connectivity index (χ4n) is 1.71. The summed E-state index contributed by atoms with van der Waals surface area (Å²) in [6.07, 6.45) is 2.28. The summed E-state index contributed by atoms with van der Waals surface area (Å²) in [5.41, 5.74) is 0.682. The van der Waals surface area contributed by atoms with E-state index >= 15 is 0 Å². The van der Waals surface area contributed by atoms with Gasteiger partial charge in [-0.1, -0.05) is 37.1 Å². The predicted octanol–water partition coefficient (Wildman–Crippen LogP) is 3.20. The zero-order valence-corrected chi connectivity index (χ0v) is 10.4. The fourth-order valence-corrected chi connectivity index (χ4v) is 1.93. The van der Waals surface area contributed by atoms with E-state index in [1.807, 2.05) is 12.1 Å². The van der Waals surface area contributed by atoms with E-state index in [1.54, 1.807) is 12.1 Å². The quantitative estimate of drug-likeness (QED) is 0.824. The molecule has 0 saturated heterocycles. The van der Waals surface area contributed by atoms with Crippen molar-refractivity contribution in [1.29, 1.82) is 0 Å². The van der Waals surface area contributed by atoms with Crippen molar-refractivity contribution in [1.82, 2.24) is 0 Å². The van der Waals surface area contributed by atoms with Gasteiger partial charge in [0.15, 0.2) is 6.10 Å². The van der Waals surface area contributed by atoms with Crippen LogP contribution in [0.15, 0.2) is 29.3 Å². The van der Waals surface area contributed by atoms with Gasteiger partial charge in [-0.05, 0) is 25.0 Å². The van der Waals surface area contributed by atoms with Crippen molar-refractivity contribution in [3.05, 3.63) is 34.9 Å². The number of carbonyl (C=O) groups excluding carboxylic acids is 1. The van der Waals surface area contributed by atoms with Gasteiger partial charge in [0, 0.05) is 0 Å². The molecule has 0 saturated carbocycles. The Kier molecular flexibility index (Phi) is 3.79. The summed E-state index contributed by atoms with van der Waals surface area (Å²) in [5, 5.41) is 0.551. The van der Waals surface area contributed by atoms with Crippen LogP contribution in [0.4, 0.5) is 0 Å². The summed E-state index contributed by atoms with van der Waals surface area (Å²) >= 11 is 6.03. The van der Waals surface area contributed by atoms with E-state index in [2.05, 4.69) is 11.9 Å². The maximum absolute atomic E-state index is 11.6. The second-order valence-corrected chi connectivity index (χ2v) is 4.39. The highest BCUT2D eigenvalue weighted by Crippen LogP contribution is 2.22. The molecule has 0 aromatic heterocycles. The molecule has 0 bridgehead atoms. The van der Waals surface area contributed by atoms with Gasteiger partial charge in [-0.25, -0.2) is 0 Å². The molecule has 0 N–H and O–H groups in total. The Hall–Kier alpha value is -1.35. The van der Waals surface area contributed by atoms with E-state index in [-0.39, 0.29) is 5.91 Å². The van der Waals surface area contributed by atoms with E-state index in [9.17, 15) is 4.79 Å². The molecule has 3 nitrogen and oxygen atoms in total. The maximum Gasteiger partial charge on any atom is 0.290 e. The highest BCUT2D eigenvalue weighted by Gasteiger charge is 2.29. The van der Waals surface area contributed by atoms with Crippen LogP contribution in [-0.2, 0) is 9.53 Å². The van der Waals surface area contributed by atoms with Gasteiger partial charge < -0.3 is 4.74 Å². The topological polar surface area (TPSA) is 38.7 Å². The van der Waals surface area contributed by atoms with E-state index in [1.165, 1.54) is 0 Å². The highest BCUT2D eigenvalue weighted by atomic mass is 35.5. The van der Waals surface area contributed by atoms with Crippen LogP contribution in [0.25, 0.3) is 0 Å². The number of nitrogens with zero attached hydrogens (tertiary/aromatic N) is 1. The number of rotatable bonds is 4. The van der Waals surface area contributed by atoms with Gasteiger partial charge in [0.05, 0.1) is 10.6 Å². The summed E-state index contributed by atoms with van der Waals surface area (Å²) < 4.78 is 5.56. The Labute approximate surface area is 105 Å². The first-order valence-electron chi connectivity index (χ1n) is 5.76. The number of halogens is 1. The molecular formula is C13H14ClNO2. The van der Waals surface area contributed by atoms with Crippen LogP contribution in [0, 0.1) is 0 Å². The van der Waals surface area contributed by atoms with E-state index in [0.717, 1.165) is 12.8 Å². The van der Waals surface area contributed by atoms with E-state index in [4.69, 9.17) is 16.3 Å². The molecule has 2 rings (SSSR count). The fraction of sp³-hybridized carbons (Fsp3) is 0.385. The van der Waals surface area contributed by atoms with E-state index < -0.39 is 6.10 Å². The average molecular weight is 252 g/mol. The number of unbranched alkanes of at least 4 members (excludes halogenated alkanes) is 1. The first-order chi connectivity index (χ1) is 8.22. The zero-order chi connectivity index (χ0) is 12.3. The smallest absolute Gasteiger partial charge is 0.290 e. The van der Waals surface area contributed by atoms with Crippen molar-refractivity contribution in [2.45, 2.75) is 32.3 Å². The minimum absolute atomic E-state index is 0.201. The normalized spacial score (nSPS) is 19.1. The molecule has 90 valence electrons. The molecule has 1 amide bonds. The molecule has 1 atom stereocenters. The van der Waals surface area contributed by atoms with Crippen LogP contribution >= 0.6 is 11.6 Å². The Morgan fingerprint density at radius 3 is 2.88 bits per heavy atom. The Morgan fingerprint density at radius 1 is 1.41 bits per heavy atom. The van der Waals surface area contributed by atoms with Crippen molar-refractivity contribution < 1.29 is 9.53 Å². The molecular weight excluding hydrogens is 238 g/mol. The lowest BCUT2D eigenvalue weighted by Gasteiger charge is -2.09. The molecule has 1 aromatic carbocycles. The van der Waals surface area contributed by atoms with Crippen molar-refractivity contribution >= 4 is 23.4 Å². The summed E-state index contributed by atoms with van der Waals surface area (Å²) in [6, 6.07) is 7.23. The molecule has 1 aliphatic heterocycles. The number of hydrogen-bond acceptors (Lipinski definition) is 2. The first kappa shape index (κ1) is 12.1. The summed E-state index contributed by atoms with van der Waals surface area (Å²) in [7, 11) is 0. The molecule has 0 radical (unpaired) electrons. The van der Waals surface area contributed by atoms with Crippen LogP contribution in [0.5, 0.6) is 0 Å². The summed E-state index contributed by atoms with van der Waals surface area (Å²) in [5.74, 6) is 0.148. The minimum Gasteiger partial charge on any atom is -0.464 e. The SMILES string of the molecule is CCCCC1OC(c2ccccc2Cl)=NC1=O.